The maximum absolute atomic E-state index is 10.3. The molecule has 2 heterocycles. The van der Waals surface area contributed by atoms with Crippen LogP contribution in [0, 0.1) is 6.92 Å². The van der Waals surface area contributed by atoms with Crippen molar-refractivity contribution in [1.82, 2.24) is 9.88 Å². The third-order valence-corrected chi connectivity index (χ3v) is 4.81. The van der Waals surface area contributed by atoms with Gasteiger partial charge in [-0.15, -0.1) is 24.8 Å². The molecular weight excluding hydrogens is 409 g/mol. The molecule has 1 unspecified atom stereocenters. The van der Waals surface area contributed by atoms with Gasteiger partial charge in [0, 0.05) is 43.9 Å². The first kappa shape index (κ1) is 23.8. The fraction of sp³-hybridized carbons (Fsp3) is 0.421. The van der Waals surface area contributed by atoms with Crippen LogP contribution in [0.15, 0.2) is 42.6 Å². The molecule has 0 spiro atoms. The van der Waals surface area contributed by atoms with Gasteiger partial charge >= 0.3 is 0 Å². The van der Waals surface area contributed by atoms with E-state index in [-0.39, 0.29) is 31.4 Å². The average Bonchev–Trinajstić information content (AvgIpc) is 2.64. The summed E-state index contributed by atoms with van der Waals surface area (Å²) in [6, 6.07) is 11.5. The summed E-state index contributed by atoms with van der Waals surface area (Å²) in [5.74, 6) is 1.75. The predicted molar refractivity (Wildman–Crippen MR) is 115 cm³/mol. The Hall–Kier alpha value is -1.24. The molecule has 0 saturated carbocycles. The zero-order chi connectivity index (χ0) is 17.6. The average molecular weight is 435 g/mol. The van der Waals surface area contributed by atoms with Crippen LogP contribution in [0.25, 0.3) is 0 Å². The number of piperazine rings is 1. The van der Waals surface area contributed by atoms with Gasteiger partial charge in [0.1, 0.15) is 24.3 Å². The van der Waals surface area contributed by atoms with Crippen LogP contribution in [0.1, 0.15) is 5.56 Å². The van der Waals surface area contributed by atoms with Crippen LogP contribution in [-0.2, 0) is 0 Å². The summed E-state index contributed by atoms with van der Waals surface area (Å²) < 4.78 is 5.68. The Kier molecular flexibility index (Phi) is 10.2. The molecule has 5 nitrogen and oxygen atoms in total. The Bertz CT molecular complexity index is 683. The molecule has 0 amide bonds. The third kappa shape index (κ3) is 7.01. The van der Waals surface area contributed by atoms with E-state index in [9.17, 15) is 5.11 Å². The number of benzene rings is 1. The number of hydrogen-bond donors (Lipinski definition) is 1. The number of aryl methyl sites for hydroxylation is 1. The van der Waals surface area contributed by atoms with Crippen molar-refractivity contribution in [3.8, 4) is 5.75 Å². The Morgan fingerprint density at radius 1 is 1.15 bits per heavy atom. The smallest absolute Gasteiger partial charge is 0.128 e. The molecule has 8 heteroatoms. The highest BCUT2D eigenvalue weighted by Crippen LogP contribution is 2.21. The second-order valence-electron chi connectivity index (χ2n) is 6.35. The van der Waals surface area contributed by atoms with Crippen LogP contribution in [0.5, 0.6) is 5.75 Å². The molecular formula is C19H26Cl3N3O2. The largest absolute Gasteiger partial charge is 0.491 e. The van der Waals surface area contributed by atoms with Gasteiger partial charge in [0.25, 0.3) is 0 Å². The number of rotatable bonds is 6. The standard InChI is InChI=1S/C19H24ClN3O2.2ClH/c1-15-12-17(5-6-18(15)20)25-14-16(24)13-22-8-10-23(11-9-22)19-4-2-3-7-21-19;;/h2-7,12,16,24H,8-11,13-14H2,1H3;2*1H. The van der Waals surface area contributed by atoms with Gasteiger partial charge in [0.2, 0.25) is 0 Å². The lowest BCUT2D eigenvalue weighted by Gasteiger charge is -2.36. The minimum absolute atomic E-state index is 0. The van der Waals surface area contributed by atoms with E-state index in [0.29, 0.717) is 6.54 Å². The number of anilines is 1. The number of β-amino-alcohol motifs (C(OH)–C–C–N with tert-alkyl or cyclic N) is 1. The second kappa shape index (κ2) is 11.6. The summed E-state index contributed by atoms with van der Waals surface area (Å²) in [7, 11) is 0. The lowest BCUT2D eigenvalue weighted by molar-refractivity contribution is 0.0662. The summed E-state index contributed by atoms with van der Waals surface area (Å²) >= 11 is 6.01. The second-order valence-corrected chi connectivity index (χ2v) is 6.76. The van der Waals surface area contributed by atoms with Gasteiger partial charge in [0.05, 0.1) is 0 Å². The predicted octanol–water partition coefficient (Wildman–Crippen LogP) is 3.45. The zero-order valence-electron chi connectivity index (χ0n) is 15.3. The number of aliphatic hydroxyl groups is 1. The molecule has 0 bridgehead atoms. The van der Waals surface area contributed by atoms with Gasteiger partial charge in [0.15, 0.2) is 0 Å². The van der Waals surface area contributed by atoms with Crippen molar-refractivity contribution in [2.45, 2.75) is 13.0 Å². The summed E-state index contributed by atoms with van der Waals surface area (Å²) in [5.41, 5.74) is 0.972. The van der Waals surface area contributed by atoms with Crippen molar-refractivity contribution < 1.29 is 9.84 Å². The first-order valence-corrected chi connectivity index (χ1v) is 8.95. The van der Waals surface area contributed by atoms with Crippen molar-refractivity contribution in [3.05, 3.63) is 53.2 Å². The molecule has 3 rings (SSSR count). The summed E-state index contributed by atoms with van der Waals surface area (Å²) in [4.78, 5) is 8.93. The van der Waals surface area contributed by atoms with E-state index in [2.05, 4.69) is 14.8 Å². The van der Waals surface area contributed by atoms with E-state index in [0.717, 1.165) is 48.3 Å². The molecule has 1 aliphatic heterocycles. The highest BCUT2D eigenvalue weighted by Gasteiger charge is 2.20. The number of aliphatic hydroxyl groups excluding tert-OH is 1. The first-order chi connectivity index (χ1) is 12.1. The molecule has 2 aromatic rings. The fourth-order valence-corrected chi connectivity index (χ4v) is 3.07. The molecule has 1 saturated heterocycles. The maximum atomic E-state index is 10.3. The van der Waals surface area contributed by atoms with E-state index < -0.39 is 6.10 Å². The van der Waals surface area contributed by atoms with E-state index in [1.807, 2.05) is 49.5 Å². The molecule has 0 radical (unpaired) electrons. The van der Waals surface area contributed by atoms with Crippen molar-refractivity contribution in [3.63, 3.8) is 0 Å². The molecule has 1 aliphatic rings. The van der Waals surface area contributed by atoms with Gasteiger partial charge in [-0.25, -0.2) is 4.98 Å². The van der Waals surface area contributed by atoms with Crippen LogP contribution in [0.2, 0.25) is 5.02 Å². The van der Waals surface area contributed by atoms with E-state index in [4.69, 9.17) is 16.3 Å². The van der Waals surface area contributed by atoms with Gasteiger partial charge in [-0.3, -0.25) is 4.90 Å². The maximum Gasteiger partial charge on any atom is 0.128 e. The fourth-order valence-electron chi connectivity index (χ4n) is 2.95. The van der Waals surface area contributed by atoms with E-state index in [1.54, 1.807) is 0 Å². The van der Waals surface area contributed by atoms with Crippen molar-refractivity contribution in [1.29, 1.82) is 0 Å². The Labute approximate surface area is 178 Å². The Morgan fingerprint density at radius 2 is 1.89 bits per heavy atom. The first-order valence-electron chi connectivity index (χ1n) is 8.57. The third-order valence-electron chi connectivity index (χ3n) is 4.39. The Morgan fingerprint density at radius 3 is 2.52 bits per heavy atom. The van der Waals surface area contributed by atoms with Crippen LogP contribution >= 0.6 is 36.4 Å². The highest BCUT2D eigenvalue weighted by molar-refractivity contribution is 6.31. The van der Waals surface area contributed by atoms with Crippen LogP contribution < -0.4 is 9.64 Å². The molecule has 0 aliphatic carbocycles. The number of halogens is 3. The molecule has 1 atom stereocenters. The minimum atomic E-state index is -0.516. The molecule has 150 valence electrons. The van der Waals surface area contributed by atoms with Crippen LogP contribution in [0.3, 0.4) is 0 Å². The normalized spacial score (nSPS) is 15.4. The zero-order valence-corrected chi connectivity index (χ0v) is 17.6. The monoisotopic (exact) mass is 433 g/mol. The number of pyridine rings is 1. The topological polar surface area (TPSA) is 48.8 Å². The lowest BCUT2D eigenvalue weighted by Crippen LogP contribution is -2.49. The molecule has 1 aromatic carbocycles. The van der Waals surface area contributed by atoms with Crippen LogP contribution in [-0.4, -0.2) is 60.4 Å². The van der Waals surface area contributed by atoms with Crippen LogP contribution in [0.4, 0.5) is 5.82 Å². The van der Waals surface area contributed by atoms with Crippen molar-refractivity contribution >= 4 is 42.2 Å². The summed E-state index contributed by atoms with van der Waals surface area (Å²) in [6.07, 6.45) is 1.30. The van der Waals surface area contributed by atoms with E-state index in [1.165, 1.54) is 0 Å². The Balaban J connectivity index is 0.00000182. The molecule has 1 fully saturated rings. The van der Waals surface area contributed by atoms with Gasteiger partial charge < -0.3 is 14.7 Å². The van der Waals surface area contributed by atoms with Gasteiger partial charge in [-0.1, -0.05) is 17.7 Å². The lowest BCUT2D eigenvalue weighted by atomic mass is 10.2. The molecule has 27 heavy (non-hydrogen) atoms. The molecule has 1 N–H and O–H groups in total. The number of nitrogens with zero attached hydrogens (tertiary/aromatic N) is 3. The number of hydrogen-bond acceptors (Lipinski definition) is 5. The summed E-state index contributed by atoms with van der Waals surface area (Å²) in [6.45, 7) is 6.49. The molecule has 1 aromatic heterocycles. The number of ether oxygens (including phenoxy) is 1. The van der Waals surface area contributed by atoms with E-state index >= 15 is 0 Å². The quantitative estimate of drug-likeness (QED) is 0.754. The minimum Gasteiger partial charge on any atom is -0.491 e. The highest BCUT2D eigenvalue weighted by atomic mass is 35.5. The van der Waals surface area contributed by atoms with Gasteiger partial charge in [-0.05, 0) is 42.8 Å². The SMILES string of the molecule is Cc1cc(OCC(O)CN2CCN(c3ccccn3)CC2)ccc1Cl.Cl.Cl. The van der Waals surface area contributed by atoms with Crippen molar-refractivity contribution in [2.24, 2.45) is 0 Å². The van der Waals surface area contributed by atoms with Gasteiger partial charge in [-0.2, -0.15) is 0 Å². The van der Waals surface area contributed by atoms with Crippen molar-refractivity contribution in [2.75, 3.05) is 44.2 Å². The summed E-state index contributed by atoms with van der Waals surface area (Å²) in [5, 5.41) is 11.0. The number of aromatic nitrogens is 1.